The third-order valence-corrected chi connectivity index (χ3v) is 1.52. The first-order chi connectivity index (χ1) is 5.52. The monoisotopic (exact) mass is 209 g/mol. The molecule has 0 spiro atoms. The predicted octanol–water partition coefficient (Wildman–Crippen LogP) is 1.19. The van der Waals surface area contributed by atoms with Crippen LogP contribution in [0.5, 0.6) is 0 Å². The Morgan fingerprint density at radius 3 is 2.58 bits per heavy atom. The van der Waals surface area contributed by atoms with Crippen molar-refractivity contribution >= 4 is 29.1 Å². The Labute approximate surface area is 77.6 Å². The number of nitrogens with zero attached hydrogens (tertiary/aromatic N) is 1. The van der Waals surface area contributed by atoms with Gasteiger partial charge in [0.1, 0.15) is 5.76 Å². The second kappa shape index (κ2) is 3.33. The van der Waals surface area contributed by atoms with Crippen molar-refractivity contribution in [1.29, 1.82) is 0 Å². The van der Waals surface area contributed by atoms with Crippen LogP contribution in [0.2, 0.25) is 0 Å². The minimum absolute atomic E-state index is 0.335. The quantitative estimate of drug-likeness (QED) is 0.654. The molecule has 0 amide bonds. The summed E-state index contributed by atoms with van der Waals surface area (Å²) in [5.74, 6) is -0.446. The Kier molecular flexibility index (Phi) is 2.59. The van der Waals surface area contributed by atoms with Gasteiger partial charge in [-0.05, 0) is 6.92 Å². The molecule has 1 heterocycles. The van der Waals surface area contributed by atoms with E-state index in [1.54, 1.807) is 6.92 Å². The summed E-state index contributed by atoms with van der Waals surface area (Å²) < 4.78 is 5.25. The molecule has 0 aliphatic rings. The van der Waals surface area contributed by atoms with Crippen molar-refractivity contribution in [2.24, 2.45) is 0 Å². The number of aryl methyl sites for hydroxylation is 1. The molecule has 0 atom stereocenters. The maximum atomic E-state index is 11.0. The van der Waals surface area contributed by atoms with Crippen LogP contribution < -0.4 is 5.56 Å². The van der Waals surface area contributed by atoms with E-state index in [1.165, 1.54) is 6.07 Å². The Morgan fingerprint density at radius 1 is 1.67 bits per heavy atom. The molecule has 0 aliphatic heterocycles. The molecule has 0 aliphatic carbocycles. The summed E-state index contributed by atoms with van der Waals surface area (Å²) in [6.45, 7) is 1.54. The molecule has 0 radical (unpaired) electrons. The normalized spacial score (nSPS) is 10.7. The van der Waals surface area contributed by atoms with Crippen LogP contribution in [0.15, 0.2) is 15.4 Å². The van der Waals surface area contributed by atoms with E-state index < -0.39 is 16.3 Å². The van der Waals surface area contributed by atoms with E-state index in [0.29, 0.717) is 10.5 Å². The van der Waals surface area contributed by atoms with Gasteiger partial charge in [0.25, 0.3) is 11.5 Å². The zero-order valence-corrected chi connectivity index (χ0v) is 7.59. The summed E-state index contributed by atoms with van der Waals surface area (Å²) in [4.78, 5) is 20.6. The number of alkyl halides is 2. The van der Waals surface area contributed by atoms with Gasteiger partial charge in [-0.3, -0.25) is 9.59 Å². The highest BCUT2D eigenvalue weighted by Gasteiger charge is 2.18. The lowest BCUT2D eigenvalue weighted by Crippen LogP contribution is -2.26. The van der Waals surface area contributed by atoms with E-state index in [4.69, 9.17) is 27.7 Å². The summed E-state index contributed by atoms with van der Waals surface area (Å²) in [5, 5.41) is 0. The van der Waals surface area contributed by atoms with Gasteiger partial charge in [-0.2, -0.15) is 0 Å². The molecule has 1 rings (SSSR count). The summed E-state index contributed by atoms with van der Waals surface area (Å²) >= 11 is 10.5. The minimum atomic E-state index is -1.28. The number of carbonyl (C=O) groups is 1. The van der Waals surface area contributed by atoms with Gasteiger partial charge in [-0.1, -0.05) is 27.9 Å². The Morgan fingerprint density at radius 2 is 2.25 bits per heavy atom. The average molecular weight is 210 g/mol. The molecule has 0 fully saturated rings. The van der Waals surface area contributed by atoms with E-state index >= 15 is 0 Å². The first-order valence-electron chi connectivity index (χ1n) is 3.04. The van der Waals surface area contributed by atoms with Gasteiger partial charge in [0.2, 0.25) is 0 Å². The predicted molar refractivity (Wildman–Crippen MR) is 43.8 cm³/mol. The van der Waals surface area contributed by atoms with Crippen LogP contribution in [-0.4, -0.2) is 15.5 Å². The third-order valence-electron chi connectivity index (χ3n) is 1.15. The number of carbonyl (C=O) groups excluding carboxylic acids is 1. The van der Waals surface area contributed by atoms with E-state index in [0.717, 1.165) is 0 Å². The van der Waals surface area contributed by atoms with E-state index in [9.17, 15) is 9.59 Å². The highest BCUT2D eigenvalue weighted by molar-refractivity contribution is 6.53. The van der Waals surface area contributed by atoms with Crippen molar-refractivity contribution in [1.82, 2.24) is 4.74 Å². The van der Waals surface area contributed by atoms with Crippen molar-refractivity contribution in [2.45, 2.75) is 11.8 Å². The van der Waals surface area contributed by atoms with Crippen LogP contribution in [0.1, 0.15) is 10.6 Å². The van der Waals surface area contributed by atoms with Crippen LogP contribution >= 0.6 is 23.2 Å². The lowest BCUT2D eigenvalue weighted by molar-refractivity contribution is 0.0800. The highest BCUT2D eigenvalue weighted by Crippen LogP contribution is 2.05. The molecule has 0 aromatic carbocycles. The molecule has 0 saturated carbocycles. The third kappa shape index (κ3) is 1.70. The average Bonchev–Trinajstić information content (AvgIpc) is 2.28. The number of hydrogen-bond acceptors (Lipinski definition) is 3. The van der Waals surface area contributed by atoms with Crippen LogP contribution in [0.3, 0.4) is 0 Å². The van der Waals surface area contributed by atoms with Crippen LogP contribution in [0.25, 0.3) is 0 Å². The van der Waals surface area contributed by atoms with Crippen LogP contribution in [-0.2, 0) is 0 Å². The lowest BCUT2D eigenvalue weighted by atomic mass is 10.5. The highest BCUT2D eigenvalue weighted by atomic mass is 35.5. The first kappa shape index (κ1) is 9.35. The fourth-order valence-electron chi connectivity index (χ4n) is 0.690. The largest absolute Gasteiger partial charge is 0.373 e. The molecule has 0 bridgehead atoms. The van der Waals surface area contributed by atoms with Gasteiger partial charge in [0, 0.05) is 6.07 Å². The number of halogens is 2. The molecule has 12 heavy (non-hydrogen) atoms. The topological polar surface area (TPSA) is 52.2 Å². The van der Waals surface area contributed by atoms with Crippen molar-refractivity contribution in [3.8, 4) is 0 Å². The second-order valence-corrected chi connectivity index (χ2v) is 3.21. The van der Waals surface area contributed by atoms with Gasteiger partial charge in [-0.15, -0.1) is 0 Å². The van der Waals surface area contributed by atoms with Gasteiger partial charge >= 0.3 is 0 Å². The van der Waals surface area contributed by atoms with Crippen molar-refractivity contribution in [3.05, 3.63) is 22.2 Å². The zero-order chi connectivity index (χ0) is 9.30. The second-order valence-electron chi connectivity index (χ2n) is 2.12. The SMILES string of the molecule is Cc1cc(=O)n(C(=O)C(Cl)Cl)o1. The number of aromatic nitrogens is 1. The fraction of sp³-hybridized carbons (Fsp3) is 0.333. The molecule has 0 unspecified atom stereocenters. The standard InChI is InChI=1S/C6H5Cl2NO3/c1-3-2-4(10)9(12-3)6(11)5(7)8/h2,5H,1H3. The molecule has 0 N–H and O–H groups in total. The molecule has 1 aromatic heterocycles. The smallest absolute Gasteiger partial charge is 0.296 e. The summed E-state index contributed by atoms with van der Waals surface area (Å²) in [6.07, 6.45) is 0. The number of hydrogen-bond donors (Lipinski definition) is 0. The van der Waals surface area contributed by atoms with E-state index in [1.807, 2.05) is 0 Å². The van der Waals surface area contributed by atoms with E-state index in [2.05, 4.69) is 0 Å². The maximum absolute atomic E-state index is 11.0. The summed E-state index contributed by atoms with van der Waals surface area (Å²) in [5.41, 5.74) is -0.566. The van der Waals surface area contributed by atoms with Crippen molar-refractivity contribution in [2.75, 3.05) is 0 Å². The molecule has 0 saturated heterocycles. The van der Waals surface area contributed by atoms with Gasteiger partial charge in [0.15, 0.2) is 4.84 Å². The van der Waals surface area contributed by atoms with Gasteiger partial charge < -0.3 is 4.52 Å². The minimum Gasteiger partial charge on any atom is -0.373 e. The molecule has 66 valence electrons. The molecule has 1 aromatic rings. The maximum Gasteiger partial charge on any atom is 0.296 e. The van der Waals surface area contributed by atoms with Gasteiger partial charge in [0.05, 0.1) is 0 Å². The van der Waals surface area contributed by atoms with E-state index in [-0.39, 0.29) is 0 Å². The number of rotatable bonds is 1. The zero-order valence-electron chi connectivity index (χ0n) is 6.08. The van der Waals surface area contributed by atoms with Crippen molar-refractivity contribution < 1.29 is 9.32 Å². The Balaban J connectivity index is 3.11. The molecule has 6 heteroatoms. The van der Waals surface area contributed by atoms with Crippen LogP contribution in [0.4, 0.5) is 0 Å². The summed E-state index contributed by atoms with van der Waals surface area (Å²) in [6, 6.07) is 1.17. The molecular weight excluding hydrogens is 205 g/mol. The summed E-state index contributed by atoms with van der Waals surface area (Å²) in [7, 11) is 0. The Hall–Kier alpha value is -0.740. The van der Waals surface area contributed by atoms with Gasteiger partial charge in [-0.25, -0.2) is 0 Å². The molecular formula is C6H5Cl2NO3. The van der Waals surface area contributed by atoms with Crippen LogP contribution in [0, 0.1) is 6.92 Å². The lowest BCUT2D eigenvalue weighted by Gasteiger charge is -1.96. The Bertz CT molecular complexity index is 352. The first-order valence-corrected chi connectivity index (χ1v) is 3.92. The van der Waals surface area contributed by atoms with Crippen molar-refractivity contribution in [3.63, 3.8) is 0 Å². The fourth-order valence-corrected chi connectivity index (χ4v) is 0.867. The molecule has 4 nitrogen and oxygen atoms in total.